The lowest BCUT2D eigenvalue weighted by atomic mass is 9.76. The molecule has 3 nitrogen and oxygen atoms in total. The number of piperidine rings is 1. The van der Waals surface area contributed by atoms with Gasteiger partial charge in [-0.25, -0.2) is 0 Å². The topological polar surface area (TPSA) is 38.3 Å². The van der Waals surface area contributed by atoms with Crippen LogP contribution in [0.1, 0.15) is 31.7 Å². The maximum atomic E-state index is 12.3. The quantitative estimate of drug-likeness (QED) is 0.828. The van der Waals surface area contributed by atoms with Gasteiger partial charge >= 0.3 is 5.97 Å². The molecule has 1 aromatic carbocycles. The Morgan fingerprint density at radius 1 is 1.37 bits per heavy atom. The first-order valence-electron chi connectivity index (χ1n) is 7.19. The van der Waals surface area contributed by atoms with E-state index in [0.29, 0.717) is 6.61 Å². The molecule has 1 aromatic rings. The predicted octanol–water partition coefficient (Wildman–Crippen LogP) is 2.55. The monoisotopic (exact) mass is 261 g/mol. The van der Waals surface area contributed by atoms with Crippen molar-refractivity contribution in [1.82, 2.24) is 5.32 Å². The summed E-state index contributed by atoms with van der Waals surface area (Å²) in [6.45, 7) is 4.09. The molecule has 0 amide bonds. The number of esters is 1. The largest absolute Gasteiger partial charge is 0.466 e. The second-order valence-electron chi connectivity index (χ2n) is 5.27. The van der Waals surface area contributed by atoms with Crippen LogP contribution >= 0.6 is 0 Å². The van der Waals surface area contributed by atoms with Gasteiger partial charge in [0.15, 0.2) is 0 Å². The van der Waals surface area contributed by atoms with Gasteiger partial charge in [-0.2, -0.15) is 0 Å². The van der Waals surface area contributed by atoms with Crippen LogP contribution in [-0.4, -0.2) is 25.7 Å². The first kappa shape index (κ1) is 14.1. The molecule has 0 saturated carbocycles. The maximum Gasteiger partial charge on any atom is 0.313 e. The third kappa shape index (κ3) is 3.57. The first-order valence-corrected chi connectivity index (χ1v) is 7.19. The molecule has 1 heterocycles. The number of carbonyl (C=O) groups is 1. The fourth-order valence-electron chi connectivity index (χ4n) is 2.77. The molecular weight excluding hydrogens is 238 g/mol. The maximum absolute atomic E-state index is 12.3. The fraction of sp³-hybridized carbons (Fsp3) is 0.562. The van der Waals surface area contributed by atoms with Crippen LogP contribution < -0.4 is 5.32 Å². The van der Waals surface area contributed by atoms with Gasteiger partial charge in [0, 0.05) is 6.54 Å². The van der Waals surface area contributed by atoms with E-state index in [1.165, 1.54) is 5.56 Å². The van der Waals surface area contributed by atoms with Crippen molar-refractivity contribution in [1.29, 1.82) is 0 Å². The molecule has 1 saturated heterocycles. The number of ether oxygens (including phenoxy) is 1. The first-order chi connectivity index (χ1) is 9.27. The van der Waals surface area contributed by atoms with E-state index in [2.05, 4.69) is 17.4 Å². The van der Waals surface area contributed by atoms with E-state index in [-0.39, 0.29) is 11.4 Å². The Morgan fingerprint density at radius 3 is 2.79 bits per heavy atom. The third-order valence-corrected chi connectivity index (χ3v) is 3.92. The van der Waals surface area contributed by atoms with Crippen molar-refractivity contribution in [2.24, 2.45) is 5.41 Å². The molecule has 1 N–H and O–H groups in total. The van der Waals surface area contributed by atoms with Crippen LogP contribution in [0.5, 0.6) is 0 Å². The zero-order valence-electron chi connectivity index (χ0n) is 11.7. The Morgan fingerprint density at radius 2 is 2.16 bits per heavy atom. The zero-order chi connectivity index (χ0) is 13.6. The molecule has 1 atom stereocenters. The lowest BCUT2D eigenvalue weighted by molar-refractivity contribution is -0.157. The van der Waals surface area contributed by atoms with Crippen molar-refractivity contribution in [3.8, 4) is 0 Å². The van der Waals surface area contributed by atoms with Crippen LogP contribution in [0.25, 0.3) is 0 Å². The van der Waals surface area contributed by atoms with E-state index in [1.54, 1.807) is 0 Å². The summed E-state index contributed by atoms with van der Waals surface area (Å²) in [5, 5.41) is 3.35. The van der Waals surface area contributed by atoms with Gasteiger partial charge in [0.2, 0.25) is 0 Å². The van der Waals surface area contributed by atoms with Gasteiger partial charge in [-0.1, -0.05) is 30.3 Å². The summed E-state index contributed by atoms with van der Waals surface area (Å²) in [5.41, 5.74) is 0.959. The lowest BCUT2D eigenvalue weighted by Crippen LogP contribution is -2.46. The predicted molar refractivity (Wildman–Crippen MR) is 75.9 cm³/mol. The van der Waals surface area contributed by atoms with Gasteiger partial charge in [0.05, 0.1) is 12.0 Å². The van der Waals surface area contributed by atoms with Crippen LogP contribution in [0.2, 0.25) is 0 Å². The van der Waals surface area contributed by atoms with Crippen molar-refractivity contribution < 1.29 is 9.53 Å². The lowest BCUT2D eigenvalue weighted by Gasteiger charge is -2.35. The second kappa shape index (κ2) is 6.71. The molecule has 2 rings (SSSR count). The van der Waals surface area contributed by atoms with Crippen molar-refractivity contribution in [3.63, 3.8) is 0 Å². The summed E-state index contributed by atoms with van der Waals surface area (Å²) in [6, 6.07) is 10.4. The van der Waals surface area contributed by atoms with Gasteiger partial charge < -0.3 is 10.1 Å². The Balaban J connectivity index is 2.03. The van der Waals surface area contributed by atoms with Crippen LogP contribution in [-0.2, 0) is 16.0 Å². The van der Waals surface area contributed by atoms with Crippen LogP contribution in [0.4, 0.5) is 0 Å². The van der Waals surface area contributed by atoms with E-state index in [0.717, 1.165) is 38.8 Å². The third-order valence-electron chi connectivity index (χ3n) is 3.92. The van der Waals surface area contributed by atoms with Gasteiger partial charge in [0.25, 0.3) is 0 Å². The molecule has 104 valence electrons. The van der Waals surface area contributed by atoms with E-state index in [9.17, 15) is 4.79 Å². The number of carbonyl (C=O) groups excluding carboxylic acids is 1. The van der Waals surface area contributed by atoms with E-state index in [4.69, 9.17) is 4.74 Å². The van der Waals surface area contributed by atoms with E-state index < -0.39 is 0 Å². The van der Waals surface area contributed by atoms with Crippen LogP contribution in [0.15, 0.2) is 30.3 Å². The molecule has 0 radical (unpaired) electrons. The molecule has 0 spiro atoms. The molecule has 0 bridgehead atoms. The van der Waals surface area contributed by atoms with Crippen molar-refractivity contribution >= 4 is 5.97 Å². The summed E-state index contributed by atoms with van der Waals surface area (Å²) in [5.74, 6) is -0.0295. The average Bonchev–Trinajstić information content (AvgIpc) is 2.47. The van der Waals surface area contributed by atoms with Gasteiger partial charge in [0.1, 0.15) is 0 Å². The smallest absolute Gasteiger partial charge is 0.313 e. The molecule has 0 aromatic heterocycles. The highest BCUT2D eigenvalue weighted by atomic mass is 16.5. The standard InChI is InChI=1S/C16H23NO2/c1-2-19-15(18)16(10-6-12-17-13-16)11-9-14-7-4-3-5-8-14/h3-5,7-8,17H,2,6,9-13H2,1H3/t16-/m0/s1. The molecule has 1 fully saturated rings. The Labute approximate surface area is 115 Å². The minimum atomic E-state index is -0.329. The molecule has 1 aliphatic rings. The summed E-state index contributed by atoms with van der Waals surface area (Å²) < 4.78 is 5.29. The molecular formula is C16H23NO2. The van der Waals surface area contributed by atoms with Crippen molar-refractivity contribution in [2.45, 2.75) is 32.6 Å². The van der Waals surface area contributed by atoms with E-state index in [1.807, 2.05) is 25.1 Å². The number of benzene rings is 1. The fourth-order valence-corrected chi connectivity index (χ4v) is 2.77. The Kier molecular flexibility index (Phi) is 4.97. The van der Waals surface area contributed by atoms with Crippen LogP contribution in [0.3, 0.4) is 0 Å². The zero-order valence-corrected chi connectivity index (χ0v) is 11.7. The number of nitrogens with one attached hydrogen (secondary N) is 1. The summed E-state index contributed by atoms with van der Waals surface area (Å²) >= 11 is 0. The number of aryl methyl sites for hydroxylation is 1. The average molecular weight is 261 g/mol. The highest BCUT2D eigenvalue weighted by molar-refractivity contribution is 5.77. The van der Waals surface area contributed by atoms with Crippen molar-refractivity contribution in [3.05, 3.63) is 35.9 Å². The number of hydrogen-bond donors (Lipinski definition) is 1. The summed E-state index contributed by atoms with van der Waals surface area (Å²) in [6.07, 6.45) is 3.78. The molecule has 1 aliphatic heterocycles. The molecule has 0 unspecified atom stereocenters. The number of hydrogen-bond acceptors (Lipinski definition) is 3. The second-order valence-corrected chi connectivity index (χ2v) is 5.27. The van der Waals surface area contributed by atoms with E-state index >= 15 is 0 Å². The highest BCUT2D eigenvalue weighted by Gasteiger charge is 2.40. The molecule has 3 heteroatoms. The van der Waals surface area contributed by atoms with Crippen molar-refractivity contribution in [2.75, 3.05) is 19.7 Å². The van der Waals surface area contributed by atoms with Gasteiger partial charge in [-0.15, -0.1) is 0 Å². The van der Waals surface area contributed by atoms with Gasteiger partial charge in [-0.05, 0) is 44.7 Å². The summed E-state index contributed by atoms with van der Waals surface area (Å²) in [4.78, 5) is 12.3. The number of rotatable bonds is 5. The summed E-state index contributed by atoms with van der Waals surface area (Å²) in [7, 11) is 0. The minimum absolute atomic E-state index is 0.0295. The van der Waals surface area contributed by atoms with Crippen LogP contribution in [0, 0.1) is 5.41 Å². The normalized spacial score (nSPS) is 23.0. The van der Waals surface area contributed by atoms with Gasteiger partial charge in [-0.3, -0.25) is 4.79 Å². The molecule has 19 heavy (non-hydrogen) atoms. The molecule has 0 aliphatic carbocycles. The Hall–Kier alpha value is -1.35. The Bertz CT molecular complexity index is 396. The minimum Gasteiger partial charge on any atom is -0.466 e. The highest BCUT2D eigenvalue weighted by Crippen LogP contribution is 2.33. The SMILES string of the molecule is CCOC(=O)[C@]1(CCc2ccccc2)CCCNC1.